The van der Waals surface area contributed by atoms with E-state index >= 15 is 0 Å². The molecule has 0 aliphatic carbocycles. The molecule has 0 aliphatic rings. The highest BCUT2D eigenvalue weighted by Gasteiger charge is 2.15. The maximum Gasteiger partial charge on any atom is 0.241 e. The molecule has 94 valence electrons. The predicted octanol–water partition coefficient (Wildman–Crippen LogP) is 0.488. The molecule has 1 amide bonds. The average Bonchev–Trinajstić information content (AvgIpc) is 2.35. The van der Waals surface area contributed by atoms with E-state index in [2.05, 4.69) is 4.98 Å². The summed E-state index contributed by atoms with van der Waals surface area (Å²) in [7, 11) is 3.45. The number of rotatable bonds is 5. The Hall–Kier alpha value is -1.62. The van der Waals surface area contributed by atoms with Gasteiger partial charge in [-0.3, -0.25) is 4.79 Å². The Morgan fingerprint density at radius 2 is 2.18 bits per heavy atom. The number of aliphatic hydroxyl groups excluding tert-OH is 1. The van der Waals surface area contributed by atoms with Crippen molar-refractivity contribution >= 4 is 11.7 Å². The summed E-state index contributed by atoms with van der Waals surface area (Å²) in [5, 5.41) is 9.24. The van der Waals surface area contributed by atoms with Crippen LogP contribution in [-0.4, -0.2) is 48.1 Å². The Morgan fingerprint density at radius 3 is 2.71 bits per heavy atom. The number of aromatic nitrogens is 1. The molecule has 1 aromatic heterocycles. The van der Waals surface area contributed by atoms with Gasteiger partial charge in [0.25, 0.3) is 0 Å². The Kier molecular flexibility index (Phi) is 4.90. The maximum absolute atomic E-state index is 11.7. The minimum absolute atomic E-state index is 0.0152. The van der Waals surface area contributed by atoms with E-state index in [0.717, 1.165) is 5.56 Å². The number of nitrogens with zero attached hydrogens (tertiary/aromatic N) is 3. The van der Waals surface area contributed by atoms with Crippen LogP contribution in [0.3, 0.4) is 0 Å². The number of likely N-dealkylation sites (N-methyl/N-ethyl adjacent to an activating group) is 2. The summed E-state index contributed by atoms with van der Waals surface area (Å²) in [6.45, 7) is 2.83. The lowest BCUT2D eigenvalue weighted by atomic mass is 10.2. The van der Waals surface area contributed by atoms with Gasteiger partial charge in [-0.05, 0) is 13.0 Å². The van der Waals surface area contributed by atoms with Crippen molar-refractivity contribution in [1.82, 2.24) is 9.88 Å². The van der Waals surface area contributed by atoms with E-state index in [1.165, 1.54) is 0 Å². The topological polar surface area (TPSA) is 56.7 Å². The minimum Gasteiger partial charge on any atom is -0.392 e. The fourth-order valence-electron chi connectivity index (χ4n) is 1.48. The number of carbonyl (C=O) groups is 1. The zero-order valence-electron chi connectivity index (χ0n) is 10.6. The molecule has 0 unspecified atom stereocenters. The largest absolute Gasteiger partial charge is 0.392 e. The third kappa shape index (κ3) is 3.42. The van der Waals surface area contributed by atoms with Crippen molar-refractivity contribution in [2.45, 2.75) is 13.5 Å². The Balaban J connectivity index is 2.89. The number of hydrogen-bond acceptors (Lipinski definition) is 4. The SMILES string of the molecule is CCN(CC(=O)N(C)C)c1ncccc1CO. The van der Waals surface area contributed by atoms with Gasteiger partial charge in [-0.2, -0.15) is 0 Å². The van der Waals surface area contributed by atoms with Gasteiger partial charge in [0.15, 0.2) is 0 Å². The summed E-state index contributed by atoms with van der Waals surface area (Å²) in [5.41, 5.74) is 0.737. The monoisotopic (exact) mass is 237 g/mol. The molecule has 0 spiro atoms. The molecule has 1 rings (SSSR count). The van der Waals surface area contributed by atoms with Crippen LogP contribution in [0.2, 0.25) is 0 Å². The summed E-state index contributed by atoms with van der Waals surface area (Å²) in [4.78, 5) is 19.3. The quantitative estimate of drug-likeness (QED) is 0.809. The van der Waals surface area contributed by atoms with Gasteiger partial charge in [-0.1, -0.05) is 6.07 Å². The van der Waals surface area contributed by atoms with E-state index in [1.54, 1.807) is 31.3 Å². The van der Waals surface area contributed by atoms with Crippen LogP contribution in [0.1, 0.15) is 12.5 Å². The molecule has 1 heterocycles. The average molecular weight is 237 g/mol. The van der Waals surface area contributed by atoms with Gasteiger partial charge in [0.2, 0.25) is 5.91 Å². The number of aliphatic hydroxyl groups is 1. The summed E-state index contributed by atoms with van der Waals surface area (Å²) in [6.07, 6.45) is 1.66. The van der Waals surface area contributed by atoms with Gasteiger partial charge in [-0.25, -0.2) is 4.98 Å². The van der Waals surface area contributed by atoms with Crippen molar-refractivity contribution in [3.63, 3.8) is 0 Å². The molecule has 0 saturated carbocycles. The maximum atomic E-state index is 11.7. The summed E-state index contributed by atoms with van der Waals surface area (Å²) < 4.78 is 0. The first-order valence-electron chi connectivity index (χ1n) is 5.60. The molecule has 0 radical (unpaired) electrons. The van der Waals surface area contributed by atoms with Crippen molar-refractivity contribution in [1.29, 1.82) is 0 Å². The Bertz CT molecular complexity index is 380. The van der Waals surface area contributed by atoms with Gasteiger partial charge in [0.05, 0.1) is 13.2 Å². The first-order valence-corrected chi connectivity index (χ1v) is 5.60. The van der Waals surface area contributed by atoms with E-state index in [-0.39, 0.29) is 19.1 Å². The van der Waals surface area contributed by atoms with Crippen molar-refractivity contribution in [3.8, 4) is 0 Å². The van der Waals surface area contributed by atoms with Crippen molar-refractivity contribution < 1.29 is 9.90 Å². The molecule has 0 bridgehead atoms. The van der Waals surface area contributed by atoms with E-state index in [1.807, 2.05) is 17.9 Å². The first kappa shape index (κ1) is 13.4. The second-order valence-corrected chi connectivity index (χ2v) is 3.95. The second kappa shape index (κ2) is 6.20. The summed E-state index contributed by atoms with van der Waals surface area (Å²) in [5.74, 6) is 0.689. The molecule has 5 nitrogen and oxygen atoms in total. The molecule has 0 saturated heterocycles. The standard InChI is InChI=1S/C12H19N3O2/c1-4-15(8-11(17)14(2)3)12-10(9-16)6-5-7-13-12/h5-7,16H,4,8-9H2,1-3H3. The number of carbonyl (C=O) groups excluding carboxylic acids is 1. The highest BCUT2D eigenvalue weighted by molar-refractivity contribution is 5.80. The van der Waals surface area contributed by atoms with E-state index in [4.69, 9.17) is 0 Å². The molecule has 5 heteroatoms. The van der Waals surface area contributed by atoms with Crippen LogP contribution in [0.15, 0.2) is 18.3 Å². The third-order valence-electron chi connectivity index (χ3n) is 2.54. The lowest BCUT2D eigenvalue weighted by molar-refractivity contribution is -0.127. The van der Waals surface area contributed by atoms with Crippen molar-refractivity contribution in [2.24, 2.45) is 0 Å². The zero-order chi connectivity index (χ0) is 12.8. The van der Waals surface area contributed by atoms with Crippen LogP contribution in [0.4, 0.5) is 5.82 Å². The van der Waals surface area contributed by atoms with Crippen LogP contribution in [-0.2, 0) is 11.4 Å². The van der Waals surface area contributed by atoms with Crippen molar-refractivity contribution in [2.75, 3.05) is 32.1 Å². The van der Waals surface area contributed by atoms with Crippen LogP contribution in [0, 0.1) is 0 Å². The molecular weight excluding hydrogens is 218 g/mol. The van der Waals surface area contributed by atoms with Crippen LogP contribution in [0.25, 0.3) is 0 Å². The lowest BCUT2D eigenvalue weighted by Crippen LogP contribution is -2.37. The van der Waals surface area contributed by atoms with Gasteiger partial charge in [0, 0.05) is 32.4 Å². The van der Waals surface area contributed by atoms with Crippen LogP contribution in [0.5, 0.6) is 0 Å². The van der Waals surface area contributed by atoms with E-state index in [0.29, 0.717) is 12.4 Å². The minimum atomic E-state index is -0.0736. The molecule has 0 aromatic carbocycles. The van der Waals surface area contributed by atoms with E-state index in [9.17, 15) is 9.90 Å². The first-order chi connectivity index (χ1) is 8.10. The van der Waals surface area contributed by atoms with Crippen LogP contribution >= 0.6 is 0 Å². The van der Waals surface area contributed by atoms with Crippen molar-refractivity contribution in [3.05, 3.63) is 23.9 Å². The molecule has 1 aromatic rings. The lowest BCUT2D eigenvalue weighted by Gasteiger charge is -2.24. The Morgan fingerprint density at radius 1 is 1.47 bits per heavy atom. The molecule has 17 heavy (non-hydrogen) atoms. The van der Waals surface area contributed by atoms with Gasteiger partial charge in [0.1, 0.15) is 5.82 Å². The number of anilines is 1. The number of amides is 1. The fraction of sp³-hybridized carbons (Fsp3) is 0.500. The smallest absolute Gasteiger partial charge is 0.241 e. The normalized spacial score (nSPS) is 10.1. The van der Waals surface area contributed by atoms with Crippen LogP contribution < -0.4 is 4.90 Å². The zero-order valence-corrected chi connectivity index (χ0v) is 10.6. The predicted molar refractivity (Wildman–Crippen MR) is 66.7 cm³/mol. The third-order valence-corrected chi connectivity index (χ3v) is 2.54. The highest BCUT2D eigenvalue weighted by atomic mass is 16.3. The van der Waals surface area contributed by atoms with Gasteiger partial charge in [-0.15, -0.1) is 0 Å². The molecule has 0 aliphatic heterocycles. The van der Waals surface area contributed by atoms with E-state index < -0.39 is 0 Å². The molecular formula is C12H19N3O2. The van der Waals surface area contributed by atoms with Gasteiger partial charge < -0.3 is 14.9 Å². The summed E-state index contributed by atoms with van der Waals surface area (Å²) in [6, 6.07) is 3.59. The fourth-order valence-corrected chi connectivity index (χ4v) is 1.48. The molecule has 1 N–H and O–H groups in total. The Labute approximate surface area is 102 Å². The molecule has 0 atom stereocenters. The molecule has 0 fully saturated rings. The number of hydrogen-bond donors (Lipinski definition) is 1. The number of pyridine rings is 1. The second-order valence-electron chi connectivity index (χ2n) is 3.95. The highest BCUT2D eigenvalue weighted by Crippen LogP contribution is 2.16. The van der Waals surface area contributed by atoms with Gasteiger partial charge >= 0.3 is 0 Å². The summed E-state index contributed by atoms with van der Waals surface area (Å²) >= 11 is 0.